The predicted molar refractivity (Wildman–Crippen MR) is 238 cm³/mol. The molecule has 0 aliphatic carbocycles. The molecule has 8 aromatic carbocycles. The Morgan fingerprint density at radius 2 is 0.772 bits per heavy atom. The number of thiophene rings is 1. The first-order valence-corrected chi connectivity index (χ1v) is 19.9. The zero-order chi connectivity index (χ0) is 37.5. The van der Waals surface area contributed by atoms with Crippen molar-refractivity contribution in [2.45, 2.75) is 0 Å². The third kappa shape index (κ3) is 4.91. The maximum atomic E-state index is 5.29. The van der Waals surface area contributed by atoms with Gasteiger partial charge in [-0.2, -0.15) is 0 Å². The minimum atomic E-state index is 0.639. The molecule has 266 valence electrons. The maximum absolute atomic E-state index is 5.29. The summed E-state index contributed by atoms with van der Waals surface area (Å²) in [5, 5.41) is 7.28. The fourth-order valence-corrected chi connectivity index (χ4v) is 9.95. The molecule has 0 radical (unpaired) electrons. The lowest BCUT2D eigenvalue weighted by atomic mass is 10.1. The number of hydrogen-bond acceptors (Lipinski definition) is 4. The van der Waals surface area contributed by atoms with E-state index in [9.17, 15) is 0 Å². The van der Waals surface area contributed by atoms with Gasteiger partial charge in [-0.3, -0.25) is 0 Å². The Hall–Kier alpha value is -7.41. The van der Waals surface area contributed by atoms with Crippen molar-refractivity contribution >= 4 is 75.1 Å². The van der Waals surface area contributed by atoms with E-state index >= 15 is 0 Å². The van der Waals surface area contributed by atoms with Gasteiger partial charge in [0.05, 0.1) is 32.5 Å². The maximum Gasteiger partial charge on any atom is 0.165 e. The molecular weight excluding hydrogens is 715 g/mol. The van der Waals surface area contributed by atoms with E-state index in [0.29, 0.717) is 17.5 Å². The summed E-state index contributed by atoms with van der Waals surface area (Å²) in [7, 11) is 0. The topological polar surface area (TPSA) is 48.5 Å². The van der Waals surface area contributed by atoms with Crippen LogP contribution in [0.25, 0.3) is 109 Å². The van der Waals surface area contributed by atoms with Crippen LogP contribution < -0.4 is 0 Å². The summed E-state index contributed by atoms with van der Waals surface area (Å²) >= 11 is 1.81. The van der Waals surface area contributed by atoms with Gasteiger partial charge in [0.2, 0.25) is 0 Å². The highest BCUT2D eigenvalue weighted by molar-refractivity contribution is 7.26. The van der Waals surface area contributed by atoms with Crippen LogP contribution in [-0.2, 0) is 0 Å². The lowest BCUT2D eigenvalue weighted by molar-refractivity contribution is 1.07. The van der Waals surface area contributed by atoms with Gasteiger partial charge in [-0.25, -0.2) is 15.0 Å². The zero-order valence-electron chi connectivity index (χ0n) is 30.5. The van der Waals surface area contributed by atoms with Crippen molar-refractivity contribution in [1.82, 2.24) is 24.1 Å². The van der Waals surface area contributed by atoms with E-state index in [-0.39, 0.29) is 0 Å². The molecule has 0 spiro atoms. The Balaban J connectivity index is 1.21. The standard InChI is InChI=1S/C51H31N5S/c1-3-16-32(17-4-1)49-52-50(33-18-5-2-6-19-33)54-51(53-49)41-31-34(55-42-25-11-7-20-35(42)36-21-8-12-26-43(36)55)30-40-39-24-15-29-46(48(39)57-47(40)41)56-44-27-13-9-22-37(44)38-23-10-14-28-45(38)56/h1-31H. The Kier molecular flexibility index (Phi) is 7.03. The average molecular weight is 746 g/mol. The smallest absolute Gasteiger partial charge is 0.165 e. The van der Waals surface area contributed by atoms with Crippen LogP contribution in [0.15, 0.2) is 188 Å². The third-order valence-electron chi connectivity index (χ3n) is 11.2. The number of hydrogen-bond donors (Lipinski definition) is 0. The molecule has 4 heterocycles. The molecule has 12 rings (SSSR count). The molecule has 0 amide bonds. The molecular formula is C51H31N5S. The van der Waals surface area contributed by atoms with E-state index in [1.807, 2.05) is 47.7 Å². The Labute approximate surface area is 331 Å². The largest absolute Gasteiger partial charge is 0.309 e. The number of fused-ring (bicyclic) bond motifs is 9. The zero-order valence-corrected chi connectivity index (χ0v) is 31.4. The van der Waals surface area contributed by atoms with E-state index < -0.39 is 0 Å². The van der Waals surface area contributed by atoms with Crippen molar-refractivity contribution in [3.05, 3.63) is 188 Å². The van der Waals surface area contributed by atoms with Crippen molar-refractivity contribution < 1.29 is 0 Å². The Morgan fingerprint density at radius 1 is 0.333 bits per heavy atom. The predicted octanol–water partition coefficient (Wildman–Crippen LogP) is 13.4. The van der Waals surface area contributed by atoms with Crippen LogP contribution in [0.3, 0.4) is 0 Å². The number of aromatic nitrogens is 5. The van der Waals surface area contributed by atoms with Crippen molar-refractivity contribution in [2.75, 3.05) is 0 Å². The second kappa shape index (κ2) is 12.6. The van der Waals surface area contributed by atoms with E-state index in [2.05, 4.69) is 161 Å². The van der Waals surface area contributed by atoms with E-state index in [1.54, 1.807) is 0 Å². The summed E-state index contributed by atoms with van der Waals surface area (Å²) < 4.78 is 7.16. The summed E-state index contributed by atoms with van der Waals surface area (Å²) in [6.45, 7) is 0. The summed E-state index contributed by atoms with van der Waals surface area (Å²) in [5.74, 6) is 1.92. The minimum absolute atomic E-state index is 0.639. The summed E-state index contributed by atoms with van der Waals surface area (Å²) in [4.78, 5) is 15.6. The monoisotopic (exact) mass is 745 g/mol. The van der Waals surface area contributed by atoms with Gasteiger partial charge in [0.15, 0.2) is 17.5 Å². The van der Waals surface area contributed by atoms with Gasteiger partial charge in [-0.15, -0.1) is 11.3 Å². The Morgan fingerprint density at radius 3 is 1.30 bits per heavy atom. The second-order valence-corrected chi connectivity index (χ2v) is 15.4. The summed E-state index contributed by atoms with van der Waals surface area (Å²) in [5.41, 5.74) is 9.74. The molecule has 12 aromatic rings. The number of benzene rings is 8. The molecule has 0 aliphatic heterocycles. The van der Waals surface area contributed by atoms with Gasteiger partial charge >= 0.3 is 0 Å². The van der Waals surface area contributed by atoms with Gasteiger partial charge in [0.25, 0.3) is 0 Å². The quantitative estimate of drug-likeness (QED) is 0.176. The second-order valence-electron chi connectivity index (χ2n) is 14.4. The highest BCUT2D eigenvalue weighted by Gasteiger charge is 2.22. The average Bonchev–Trinajstić information content (AvgIpc) is 3.95. The number of rotatable bonds is 5. The fraction of sp³-hybridized carbons (Fsp3) is 0. The molecule has 0 N–H and O–H groups in total. The lowest BCUT2D eigenvalue weighted by Gasteiger charge is -2.13. The van der Waals surface area contributed by atoms with E-state index in [4.69, 9.17) is 15.0 Å². The first-order valence-electron chi connectivity index (χ1n) is 19.1. The van der Waals surface area contributed by atoms with Crippen molar-refractivity contribution in [1.29, 1.82) is 0 Å². The van der Waals surface area contributed by atoms with Crippen LogP contribution in [0.5, 0.6) is 0 Å². The van der Waals surface area contributed by atoms with Crippen molar-refractivity contribution in [3.63, 3.8) is 0 Å². The SMILES string of the molecule is c1ccc(-c2nc(-c3ccccc3)nc(-c3cc(-n4c5ccccc5c5ccccc54)cc4c3sc3c(-n5c6ccccc6c6ccccc65)cccc34)n2)cc1. The summed E-state index contributed by atoms with van der Waals surface area (Å²) in [6, 6.07) is 66.6. The molecule has 0 bridgehead atoms. The van der Waals surface area contributed by atoms with Crippen LogP contribution in [-0.4, -0.2) is 24.1 Å². The Bertz CT molecular complexity index is 3360. The first kappa shape index (κ1) is 31.9. The van der Waals surface area contributed by atoms with Crippen LogP contribution in [0.1, 0.15) is 0 Å². The van der Waals surface area contributed by atoms with Crippen LogP contribution >= 0.6 is 11.3 Å². The highest BCUT2D eigenvalue weighted by atomic mass is 32.1. The molecule has 0 atom stereocenters. The minimum Gasteiger partial charge on any atom is -0.309 e. The van der Waals surface area contributed by atoms with Gasteiger partial charge in [-0.05, 0) is 42.5 Å². The molecule has 5 nitrogen and oxygen atoms in total. The molecule has 6 heteroatoms. The normalized spacial score (nSPS) is 11.9. The highest BCUT2D eigenvalue weighted by Crippen LogP contribution is 2.46. The molecule has 4 aromatic heterocycles. The molecule has 0 unspecified atom stereocenters. The molecule has 57 heavy (non-hydrogen) atoms. The number of nitrogens with zero attached hydrogens (tertiary/aromatic N) is 5. The van der Waals surface area contributed by atoms with Crippen molar-refractivity contribution in [3.8, 4) is 45.5 Å². The molecule has 0 saturated heterocycles. The lowest BCUT2D eigenvalue weighted by Crippen LogP contribution is -2.01. The fourth-order valence-electron chi connectivity index (χ4n) is 8.65. The first-order chi connectivity index (χ1) is 28.3. The third-order valence-corrected chi connectivity index (χ3v) is 12.4. The van der Waals surface area contributed by atoms with Gasteiger partial charge < -0.3 is 9.13 Å². The van der Waals surface area contributed by atoms with E-state index in [0.717, 1.165) is 49.2 Å². The van der Waals surface area contributed by atoms with Gasteiger partial charge in [0.1, 0.15) is 0 Å². The van der Waals surface area contributed by atoms with E-state index in [1.165, 1.54) is 42.7 Å². The molecule has 0 aliphatic rings. The van der Waals surface area contributed by atoms with Crippen LogP contribution in [0.2, 0.25) is 0 Å². The molecule has 0 saturated carbocycles. The number of para-hydroxylation sites is 4. The molecule has 0 fully saturated rings. The summed E-state index contributed by atoms with van der Waals surface area (Å²) in [6.07, 6.45) is 0. The van der Waals surface area contributed by atoms with Crippen LogP contribution in [0, 0.1) is 0 Å². The van der Waals surface area contributed by atoms with Crippen molar-refractivity contribution in [2.24, 2.45) is 0 Å². The van der Waals surface area contributed by atoms with Gasteiger partial charge in [-0.1, -0.05) is 146 Å². The van der Waals surface area contributed by atoms with Crippen LogP contribution in [0.4, 0.5) is 0 Å². The van der Waals surface area contributed by atoms with Gasteiger partial charge in [0, 0.05) is 59.4 Å².